The lowest BCUT2D eigenvalue weighted by atomic mass is 10.2. The number of nitriles is 1. The molecule has 112 valence electrons. The summed E-state index contributed by atoms with van der Waals surface area (Å²) >= 11 is 0. The van der Waals surface area contributed by atoms with E-state index < -0.39 is 11.9 Å². The summed E-state index contributed by atoms with van der Waals surface area (Å²) in [6.45, 7) is 4.54. The van der Waals surface area contributed by atoms with E-state index in [4.69, 9.17) is 5.26 Å². The standard InChI is InChI=1S/C13H14F3N5/c1-3-20(8-9(2)7-17)12-10-6-11(13(14,15)16)19-21(10)5-4-18-12/h4-6,9H,3,8H2,1-2H3. The molecule has 0 aliphatic carbocycles. The second-order valence-electron chi connectivity index (χ2n) is 4.68. The molecule has 2 aromatic heterocycles. The fraction of sp³-hybridized carbons (Fsp3) is 0.462. The van der Waals surface area contributed by atoms with Crippen LogP contribution in [0.2, 0.25) is 0 Å². The molecule has 2 heterocycles. The molecule has 0 amide bonds. The Morgan fingerprint density at radius 2 is 2.19 bits per heavy atom. The number of alkyl halides is 3. The number of rotatable bonds is 4. The van der Waals surface area contributed by atoms with Crippen LogP contribution in [-0.2, 0) is 6.18 Å². The largest absolute Gasteiger partial charge is 0.435 e. The van der Waals surface area contributed by atoms with E-state index in [1.165, 1.54) is 12.4 Å². The Bertz CT molecular complexity index is 670. The molecule has 2 rings (SSSR count). The summed E-state index contributed by atoms with van der Waals surface area (Å²) in [5.41, 5.74) is -0.682. The van der Waals surface area contributed by atoms with Crippen LogP contribution in [0.5, 0.6) is 0 Å². The van der Waals surface area contributed by atoms with Gasteiger partial charge in [0, 0.05) is 31.5 Å². The van der Waals surface area contributed by atoms with E-state index in [9.17, 15) is 13.2 Å². The molecule has 1 unspecified atom stereocenters. The zero-order valence-electron chi connectivity index (χ0n) is 11.6. The molecule has 5 nitrogen and oxygen atoms in total. The maximum Gasteiger partial charge on any atom is 0.435 e. The minimum Gasteiger partial charge on any atom is -0.354 e. The number of fused-ring (bicyclic) bond motifs is 1. The first kappa shape index (κ1) is 15.1. The van der Waals surface area contributed by atoms with Crippen LogP contribution in [0.1, 0.15) is 19.5 Å². The van der Waals surface area contributed by atoms with Crippen molar-refractivity contribution in [2.45, 2.75) is 20.0 Å². The molecule has 0 N–H and O–H groups in total. The van der Waals surface area contributed by atoms with Crippen LogP contribution in [-0.4, -0.2) is 27.7 Å². The van der Waals surface area contributed by atoms with Gasteiger partial charge in [-0.05, 0) is 13.8 Å². The number of hydrogen-bond acceptors (Lipinski definition) is 4. The smallest absolute Gasteiger partial charge is 0.354 e. The third-order valence-electron chi connectivity index (χ3n) is 3.06. The van der Waals surface area contributed by atoms with E-state index in [1.807, 2.05) is 6.92 Å². The molecular formula is C13H14F3N5. The highest BCUT2D eigenvalue weighted by Gasteiger charge is 2.34. The zero-order valence-corrected chi connectivity index (χ0v) is 11.6. The van der Waals surface area contributed by atoms with Crippen molar-refractivity contribution in [3.8, 4) is 6.07 Å². The molecule has 2 aromatic rings. The van der Waals surface area contributed by atoms with E-state index >= 15 is 0 Å². The van der Waals surface area contributed by atoms with Crippen LogP contribution >= 0.6 is 0 Å². The molecule has 0 aliphatic rings. The molecule has 0 fully saturated rings. The molecule has 0 aromatic carbocycles. The lowest BCUT2D eigenvalue weighted by Gasteiger charge is -2.23. The van der Waals surface area contributed by atoms with Gasteiger partial charge in [-0.2, -0.15) is 23.5 Å². The van der Waals surface area contributed by atoms with Crippen molar-refractivity contribution < 1.29 is 13.2 Å². The molecular weight excluding hydrogens is 283 g/mol. The van der Waals surface area contributed by atoms with Gasteiger partial charge in [-0.25, -0.2) is 9.50 Å². The van der Waals surface area contributed by atoms with E-state index in [2.05, 4.69) is 16.2 Å². The highest BCUT2D eigenvalue weighted by atomic mass is 19.4. The van der Waals surface area contributed by atoms with Gasteiger partial charge in [-0.3, -0.25) is 0 Å². The minimum atomic E-state index is -4.50. The first-order valence-electron chi connectivity index (χ1n) is 6.43. The summed E-state index contributed by atoms with van der Waals surface area (Å²) in [6.07, 6.45) is -1.73. The highest BCUT2D eigenvalue weighted by Crippen LogP contribution is 2.30. The van der Waals surface area contributed by atoms with Gasteiger partial charge in [0.25, 0.3) is 0 Å². The monoisotopic (exact) mass is 297 g/mol. The molecule has 0 spiro atoms. The van der Waals surface area contributed by atoms with Crippen LogP contribution in [0, 0.1) is 17.2 Å². The van der Waals surface area contributed by atoms with Gasteiger partial charge in [0.15, 0.2) is 11.5 Å². The number of anilines is 1. The zero-order chi connectivity index (χ0) is 15.6. The Balaban J connectivity index is 2.48. The fourth-order valence-corrected chi connectivity index (χ4v) is 2.03. The van der Waals surface area contributed by atoms with Crippen molar-refractivity contribution in [3.63, 3.8) is 0 Å². The third-order valence-corrected chi connectivity index (χ3v) is 3.06. The van der Waals surface area contributed by atoms with Gasteiger partial charge in [0.1, 0.15) is 5.52 Å². The summed E-state index contributed by atoms with van der Waals surface area (Å²) < 4.78 is 39.4. The van der Waals surface area contributed by atoms with Crippen molar-refractivity contribution in [3.05, 3.63) is 24.2 Å². The minimum absolute atomic E-state index is 0.253. The molecule has 1 atom stereocenters. The molecule has 0 aliphatic heterocycles. The van der Waals surface area contributed by atoms with Crippen molar-refractivity contribution >= 4 is 11.3 Å². The Hall–Kier alpha value is -2.30. The Morgan fingerprint density at radius 3 is 2.76 bits per heavy atom. The second kappa shape index (κ2) is 5.60. The number of halogens is 3. The van der Waals surface area contributed by atoms with E-state index in [1.54, 1.807) is 11.8 Å². The normalized spacial score (nSPS) is 13.1. The van der Waals surface area contributed by atoms with Crippen LogP contribution in [0.25, 0.3) is 5.52 Å². The van der Waals surface area contributed by atoms with Crippen molar-refractivity contribution in [2.24, 2.45) is 5.92 Å². The Kier molecular flexibility index (Phi) is 4.02. The van der Waals surface area contributed by atoms with Crippen molar-refractivity contribution in [2.75, 3.05) is 18.0 Å². The van der Waals surface area contributed by atoms with Crippen molar-refractivity contribution in [1.82, 2.24) is 14.6 Å². The molecule has 0 saturated heterocycles. The fourth-order valence-electron chi connectivity index (χ4n) is 2.03. The number of hydrogen-bond donors (Lipinski definition) is 0. The summed E-state index contributed by atoms with van der Waals surface area (Å²) in [4.78, 5) is 5.92. The van der Waals surface area contributed by atoms with E-state index in [-0.39, 0.29) is 11.4 Å². The lowest BCUT2D eigenvalue weighted by molar-refractivity contribution is -0.141. The van der Waals surface area contributed by atoms with Crippen LogP contribution < -0.4 is 4.90 Å². The van der Waals surface area contributed by atoms with Gasteiger partial charge >= 0.3 is 6.18 Å². The second-order valence-corrected chi connectivity index (χ2v) is 4.68. The van der Waals surface area contributed by atoms with Gasteiger partial charge in [-0.1, -0.05) is 0 Å². The van der Waals surface area contributed by atoms with Gasteiger partial charge in [-0.15, -0.1) is 0 Å². The Morgan fingerprint density at radius 1 is 1.48 bits per heavy atom. The molecule has 21 heavy (non-hydrogen) atoms. The summed E-state index contributed by atoms with van der Waals surface area (Å²) in [6, 6.07) is 3.08. The summed E-state index contributed by atoms with van der Waals surface area (Å²) in [7, 11) is 0. The average Bonchev–Trinajstić information content (AvgIpc) is 2.88. The van der Waals surface area contributed by atoms with Crippen LogP contribution in [0.3, 0.4) is 0 Å². The molecule has 0 bridgehead atoms. The number of aromatic nitrogens is 3. The summed E-state index contributed by atoms with van der Waals surface area (Å²) in [5, 5.41) is 12.4. The van der Waals surface area contributed by atoms with Gasteiger partial charge in [0.2, 0.25) is 0 Å². The van der Waals surface area contributed by atoms with Gasteiger partial charge in [0.05, 0.1) is 12.0 Å². The molecule has 0 saturated carbocycles. The van der Waals surface area contributed by atoms with Crippen LogP contribution in [0.4, 0.5) is 19.0 Å². The van der Waals surface area contributed by atoms with Gasteiger partial charge < -0.3 is 4.90 Å². The van der Waals surface area contributed by atoms with Crippen molar-refractivity contribution in [1.29, 1.82) is 5.26 Å². The van der Waals surface area contributed by atoms with Crippen LogP contribution in [0.15, 0.2) is 18.5 Å². The molecule has 0 radical (unpaired) electrons. The predicted molar refractivity (Wildman–Crippen MR) is 70.7 cm³/mol. The molecule has 8 heteroatoms. The third kappa shape index (κ3) is 3.07. The summed E-state index contributed by atoms with van der Waals surface area (Å²) in [5.74, 6) is 0.141. The average molecular weight is 297 g/mol. The lowest BCUT2D eigenvalue weighted by Crippen LogP contribution is -2.29. The topological polar surface area (TPSA) is 57.2 Å². The first-order valence-corrected chi connectivity index (χ1v) is 6.43. The highest BCUT2D eigenvalue weighted by molar-refractivity contribution is 5.69. The first-order chi connectivity index (χ1) is 9.86. The Labute approximate surface area is 119 Å². The quantitative estimate of drug-likeness (QED) is 0.870. The van der Waals surface area contributed by atoms with E-state index in [0.717, 1.165) is 10.6 Å². The predicted octanol–water partition coefficient (Wildman–Crippen LogP) is 2.73. The van der Waals surface area contributed by atoms with E-state index in [0.29, 0.717) is 18.9 Å². The number of nitrogens with zero attached hydrogens (tertiary/aromatic N) is 5. The maximum atomic E-state index is 12.8. The maximum absolute atomic E-state index is 12.8. The SMILES string of the molecule is CCN(CC(C)C#N)c1nccn2nc(C(F)(F)F)cc12.